The molecule has 6 nitrogen and oxygen atoms in total. The summed E-state index contributed by atoms with van der Waals surface area (Å²) in [6, 6.07) is 14.1. The predicted octanol–water partition coefficient (Wildman–Crippen LogP) is 3.63. The van der Waals surface area contributed by atoms with Crippen LogP contribution in [0.1, 0.15) is 33.3 Å². The lowest BCUT2D eigenvalue weighted by Crippen LogP contribution is -2.21. The molecule has 2 aromatic rings. The van der Waals surface area contributed by atoms with Crippen molar-refractivity contribution in [2.24, 2.45) is 5.10 Å². The molecular weight excluding hydrogens is 362 g/mol. The Balaban J connectivity index is 2.01. The number of hydrogen-bond acceptors (Lipinski definition) is 5. The second-order valence-electron chi connectivity index (χ2n) is 6.25. The van der Waals surface area contributed by atoms with Gasteiger partial charge in [0.25, 0.3) is 10.0 Å². The van der Waals surface area contributed by atoms with Crippen molar-refractivity contribution in [1.82, 2.24) is 4.83 Å². The number of hydrazone groups is 1. The van der Waals surface area contributed by atoms with E-state index < -0.39 is 10.0 Å². The van der Waals surface area contributed by atoms with Gasteiger partial charge in [0.05, 0.1) is 17.2 Å². The van der Waals surface area contributed by atoms with E-state index in [1.54, 1.807) is 12.1 Å². The maximum absolute atomic E-state index is 12.3. The molecule has 0 heterocycles. The van der Waals surface area contributed by atoms with E-state index in [4.69, 9.17) is 4.74 Å². The molecule has 0 atom stereocenters. The van der Waals surface area contributed by atoms with Gasteiger partial charge >= 0.3 is 0 Å². The van der Waals surface area contributed by atoms with E-state index in [2.05, 4.69) is 28.7 Å². The summed E-state index contributed by atoms with van der Waals surface area (Å²) in [5.74, 6) is 0.626. The molecule has 0 saturated heterocycles. The molecule has 146 valence electrons. The second kappa shape index (κ2) is 9.41. The van der Waals surface area contributed by atoms with Crippen molar-refractivity contribution in [3.8, 4) is 5.75 Å². The molecule has 0 bridgehead atoms. The van der Waals surface area contributed by atoms with Gasteiger partial charge in [0.1, 0.15) is 5.75 Å². The van der Waals surface area contributed by atoms with Crippen LogP contribution in [0.25, 0.3) is 0 Å². The zero-order valence-corrected chi connectivity index (χ0v) is 17.0. The number of rotatable bonds is 9. The first-order valence-electron chi connectivity index (χ1n) is 9.02. The van der Waals surface area contributed by atoms with Crippen LogP contribution in [-0.2, 0) is 10.0 Å². The van der Waals surface area contributed by atoms with E-state index in [0.717, 1.165) is 24.3 Å². The van der Waals surface area contributed by atoms with Crippen LogP contribution in [0.2, 0.25) is 0 Å². The zero-order chi connectivity index (χ0) is 19.9. The molecule has 2 aromatic carbocycles. The first-order valence-corrected chi connectivity index (χ1v) is 10.5. The Morgan fingerprint density at radius 2 is 1.63 bits per heavy atom. The van der Waals surface area contributed by atoms with E-state index >= 15 is 0 Å². The van der Waals surface area contributed by atoms with E-state index in [-0.39, 0.29) is 11.0 Å². The van der Waals surface area contributed by atoms with Crippen molar-refractivity contribution in [3.63, 3.8) is 0 Å². The highest BCUT2D eigenvalue weighted by Crippen LogP contribution is 2.17. The quantitative estimate of drug-likeness (QED) is 0.525. The van der Waals surface area contributed by atoms with Crippen molar-refractivity contribution in [2.75, 3.05) is 18.0 Å². The van der Waals surface area contributed by atoms with E-state index in [1.165, 1.54) is 18.3 Å². The average Bonchev–Trinajstić information content (AvgIpc) is 2.64. The lowest BCUT2D eigenvalue weighted by Gasteiger charge is -2.20. The SMILES string of the molecule is CCN(CC)c1ccc(/C=N/NS(=O)(=O)c2ccc(OC(C)C)cc2)cc1. The molecule has 0 aliphatic heterocycles. The molecule has 0 fully saturated rings. The monoisotopic (exact) mass is 389 g/mol. The van der Waals surface area contributed by atoms with Crippen molar-refractivity contribution in [3.05, 3.63) is 54.1 Å². The first kappa shape index (κ1) is 20.8. The summed E-state index contributed by atoms with van der Waals surface area (Å²) in [5, 5.41) is 3.87. The standard InChI is InChI=1S/C20H27N3O3S/c1-5-23(6-2)18-9-7-17(8-10-18)15-21-22-27(24,25)20-13-11-19(12-14-20)26-16(3)4/h7-16,22H,5-6H2,1-4H3/b21-15+. The largest absolute Gasteiger partial charge is 0.491 e. The third kappa shape index (κ3) is 5.99. The molecular formula is C20H27N3O3S. The zero-order valence-electron chi connectivity index (χ0n) is 16.2. The van der Waals surface area contributed by atoms with Gasteiger partial charge in [-0.2, -0.15) is 13.5 Å². The topological polar surface area (TPSA) is 71.0 Å². The van der Waals surface area contributed by atoms with Gasteiger partial charge in [-0.05, 0) is 69.7 Å². The summed E-state index contributed by atoms with van der Waals surface area (Å²) >= 11 is 0. The third-order valence-electron chi connectivity index (χ3n) is 3.91. The summed E-state index contributed by atoms with van der Waals surface area (Å²) in [5.41, 5.74) is 1.94. The Morgan fingerprint density at radius 3 is 2.15 bits per heavy atom. The first-order chi connectivity index (χ1) is 12.9. The van der Waals surface area contributed by atoms with E-state index in [9.17, 15) is 8.42 Å². The van der Waals surface area contributed by atoms with Gasteiger partial charge in [-0.25, -0.2) is 4.83 Å². The number of nitrogens with one attached hydrogen (secondary N) is 1. The fourth-order valence-corrected chi connectivity index (χ4v) is 3.34. The van der Waals surface area contributed by atoms with Crippen LogP contribution in [0.5, 0.6) is 5.75 Å². The van der Waals surface area contributed by atoms with Crippen molar-refractivity contribution < 1.29 is 13.2 Å². The molecule has 0 aliphatic rings. The van der Waals surface area contributed by atoms with Gasteiger partial charge in [0.2, 0.25) is 0 Å². The van der Waals surface area contributed by atoms with Gasteiger partial charge in [0.15, 0.2) is 0 Å². The Kier molecular flexibility index (Phi) is 7.24. The number of hydrogen-bond donors (Lipinski definition) is 1. The summed E-state index contributed by atoms with van der Waals surface area (Å²) in [6.45, 7) is 9.91. The van der Waals surface area contributed by atoms with Crippen molar-refractivity contribution in [2.45, 2.75) is 38.7 Å². The fraction of sp³-hybridized carbons (Fsp3) is 0.350. The minimum atomic E-state index is -3.72. The van der Waals surface area contributed by atoms with Crippen molar-refractivity contribution in [1.29, 1.82) is 0 Å². The van der Waals surface area contributed by atoms with Crippen LogP contribution in [0.4, 0.5) is 5.69 Å². The molecule has 0 aromatic heterocycles. The summed E-state index contributed by atoms with van der Waals surface area (Å²) < 4.78 is 30.1. The summed E-state index contributed by atoms with van der Waals surface area (Å²) in [4.78, 5) is 4.60. The van der Waals surface area contributed by atoms with Crippen LogP contribution in [0, 0.1) is 0 Å². The highest BCUT2D eigenvalue weighted by molar-refractivity contribution is 7.89. The van der Waals surface area contributed by atoms with Gasteiger partial charge in [0, 0.05) is 18.8 Å². The van der Waals surface area contributed by atoms with Gasteiger partial charge in [-0.3, -0.25) is 0 Å². The minimum absolute atomic E-state index is 0.0308. The molecule has 2 rings (SSSR count). The van der Waals surface area contributed by atoms with Crippen LogP contribution in [0.3, 0.4) is 0 Å². The maximum atomic E-state index is 12.3. The second-order valence-corrected chi connectivity index (χ2v) is 7.92. The van der Waals surface area contributed by atoms with Crippen molar-refractivity contribution >= 4 is 21.9 Å². The number of nitrogens with zero attached hydrogens (tertiary/aromatic N) is 2. The Labute approximate surface area is 161 Å². The van der Waals surface area contributed by atoms with Crippen LogP contribution < -0.4 is 14.5 Å². The highest BCUT2D eigenvalue weighted by atomic mass is 32.2. The lowest BCUT2D eigenvalue weighted by atomic mass is 10.2. The predicted molar refractivity (Wildman–Crippen MR) is 110 cm³/mol. The number of anilines is 1. The summed E-state index contributed by atoms with van der Waals surface area (Å²) in [7, 11) is -3.72. The number of benzene rings is 2. The van der Waals surface area contributed by atoms with E-state index in [1.807, 2.05) is 38.1 Å². The molecule has 0 saturated carbocycles. The molecule has 27 heavy (non-hydrogen) atoms. The third-order valence-corrected chi connectivity index (χ3v) is 5.15. The molecule has 0 spiro atoms. The highest BCUT2D eigenvalue weighted by Gasteiger charge is 2.12. The fourth-order valence-electron chi connectivity index (χ4n) is 2.55. The molecule has 0 radical (unpaired) electrons. The molecule has 0 unspecified atom stereocenters. The van der Waals surface area contributed by atoms with Crippen LogP contribution >= 0.6 is 0 Å². The smallest absolute Gasteiger partial charge is 0.276 e. The molecule has 0 aliphatic carbocycles. The summed E-state index contributed by atoms with van der Waals surface area (Å²) in [6.07, 6.45) is 1.52. The van der Waals surface area contributed by atoms with Gasteiger partial charge in [-0.1, -0.05) is 12.1 Å². The van der Waals surface area contributed by atoms with E-state index in [0.29, 0.717) is 5.75 Å². The molecule has 7 heteroatoms. The molecule has 0 amide bonds. The van der Waals surface area contributed by atoms with Gasteiger partial charge in [-0.15, -0.1) is 0 Å². The van der Waals surface area contributed by atoms with Crippen LogP contribution in [-0.4, -0.2) is 33.8 Å². The number of sulfonamides is 1. The Morgan fingerprint density at radius 1 is 1.04 bits per heavy atom. The maximum Gasteiger partial charge on any atom is 0.276 e. The lowest BCUT2D eigenvalue weighted by molar-refractivity contribution is 0.242. The average molecular weight is 390 g/mol. The molecule has 1 N–H and O–H groups in total. The normalized spacial score (nSPS) is 11.7. The van der Waals surface area contributed by atoms with Crippen LogP contribution in [0.15, 0.2) is 58.5 Å². The number of ether oxygens (including phenoxy) is 1. The van der Waals surface area contributed by atoms with Gasteiger partial charge < -0.3 is 9.64 Å². The Hall–Kier alpha value is -2.54. The Bertz CT molecular complexity index is 841. The minimum Gasteiger partial charge on any atom is -0.491 e.